The van der Waals surface area contributed by atoms with Crippen LogP contribution in [0.15, 0.2) is 46.8 Å². The van der Waals surface area contributed by atoms with Crippen molar-refractivity contribution in [2.75, 3.05) is 13.7 Å². The average molecular weight is 452 g/mol. The second kappa shape index (κ2) is 8.15. The van der Waals surface area contributed by atoms with Crippen LogP contribution in [0.4, 0.5) is 0 Å². The molecule has 1 aromatic carbocycles. The maximum absolute atomic E-state index is 13.6. The Labute approximate surface area is 195 Å². The van der Waals surface area contributed by atoms with Gasteiger partial charge in [-0.05, 0) is 41.4 Å². The fourth-order valence-corrected chi connectivity index (χ4v) is 5.68. The molecule has 1 N–H and O–H groups in total. The summed E-state index contributed by atoms with van der Waals surface area (Å²) in [6.45, 7) is 8.55. The van der Waals surface area contributed by atoms with E-state index in [0.717, 1.165) is 17.0 Å². The lowest BCUT2D eigenvalue weighted by atomic mass is 9.63. The summed E-state index contributed by atoms with van der Waals surface area (Å²) >= 11 is 0. The minimum absolute atomic E-state index is 0.0404. The summed E-state index contributed by atoms with van der Waals surface area (Å²) in [5.41, 5.74) is 3.47. The number of hydrogen-bond donors (Lipinski definition) is 1. The molecular weight excluding hydrogens is 418 g/mol. The number of carbonyl (C=O) groups is 3. The molecule has 176 valence electrons. The van der Waals surface area contributed by atoms with Crippen LogP contribution in [0.1, 0.15) is 71.3 Å². The van der Waals surface area contributed by atoms with E-state index in [9.17, 15) is 19.5 Å². The van der Waals surface area contributed by atoms with Gasteiger partial charge in [-0.15, -0.1) is 0 Å². The van der Waals surface area contributed by atoms with Crippen molar-refractivity contribution < 1.29 is 24.2 Å². The fraction of sp³-hybridized carbons (Fsp3) is 0.519. The number of rotatable bonds is 5. The summed E-state index contributed by atoms with van der Waals surface area (Å²) in [6, 6.07) is 7.61. The Morgan fingerprint density at radius 1 is 1.00 bits per heavy atom. The summed E-state index contributed by atoms with van der Waals surface area (Å²) in [7, 11) is 1.60. The Kier molecular flexibility index (Phi) is 5.75. The van der Waals surface area contributed by atoms with E-state index in [1.807, 2.05) is 29.2 Å². The Morgan fingerprint density at radius 3 is 2.03 bits per heavy atom. The molecule has 0 fully saturated rings. The number of methoxy groups -OCH3 is 1. The molecule has 3 aliphatic rings. The van der Waals surface area contributed by atoms with Crippen molar-refractivity contribution in [3.63, 3.8) is 0 Å². The van der Waals surface area contributed by atoms with Gasteiger partial charge in [0.2, 0.25) is 0 Å². The van der Waals surface area contributed by atoms with Gasteiger partial charge in [0.15, 0.2) is 11.6 Å². The van der Waals surface area contributed by atoms with E-state index >= 15 is 0 Å². The third kappa shape index (κ3) is 4.35. The number of ketones is 2. The highest BCUT2D eigenvalue weighted by molar-refractivity contribution is 6.06. The molecule has 2 aliphatic carbocycles. The van der Waals surface area contributed by atoms with E-state index in [2.05, 4.69) is 27.7 Å². The smallest absolute Gasteiger partial charge is 0.305 e. The van der Waals surface area contributed by atoms with Gasteiger partial charge in [0.05, 0.1) is 13.5 Å². The van der Waals surface area contributed by atoms with Crippen LogP contribution in [0, 0.1) is 10.8 Å². The first-order valence-electron chi connectivity index (χ1n) is 11.6. The highest BCUT2D eigenvalue weighted by Gasteiger charge is 2.48. The Bertz CT molecular complexity index is 1040. The first kappa shape index (κ1) is 23.3. The first-order valence-corrected chi connectivity index (χ1v) is 11.6. The molecule has 0 saturated carbocycles. The molecule has 1 aromatic rings. The van der Waals surface area contributed by atoms with Crippen molar-refractivity contribution in [1.82, 2.24) is 4.90 Å². The fourth-order valence-electron chi connectivity index (χ4n) is 5.68. The topological polar surface area (TPSA) is 83.9 Å². The third-order valence-electron chi connectivity index (χ3n) is 7.00. The van der Waals surface area contributed by atoms with Crippen LogP contribution in [0.2, 0.25) is 0 Å². The largest absolute Gasteiger partial charge is 0.497 e. The molecule has 0 radical (unpaired) electrons. The van der Waals surface area contributed by atoms with Gasteiger partial charge in [-0.3, -0.25) is 14.4 Å². The summed E-state index contributed by atoms with van der Waals surface area (Å²) in [6.07, 6.45) is 2.09. The molecule has 0 spiro atoms. The summed E-state index contributed by atoms with van der Waals surface area (Å²) in [5, 5.41) is 9.43. The minimum atomic E-state index is -0.892. The SMILES string of the molecule is COc1cccc(C2C3=C(CC(C)(C)CC3=O)N(CCC(=O)O)C3=C2C(=O)CC(C)(C)C3)c1. The molecule has 4 rings (SSSR count). The van der Waals surface area contributed by atoms with E-state index in [-0.39, 0.29) is 35.4 Å². The lowest BCUT2D eigenvalue weighted by Crippen LogP contribution is -2.45. The van der Waals surface area contributed by atoms with Gasteiger partial charge in [0.25, 0.3) is 0 Å². The number of Topliss-reactive ketones (excluding diaryl/α,β-unsaturated/α-hetero) is 2. The number of ether oxygens (including phenoxy) is 1. The second-order valence-electron chi connectivity index (χ2n) is 11.1. The van der Waals surface area contributed by atoms with Crippen LogP contribution in [0.5, 0.6) is 5.75 Å². The molecule has 0 amide bonds. The van der Waals surface area contributed by atoms with E-state index < -0.39 is 11.9 Å². The van der Waals surface area contributed by atoms with Crippen LogP contribution < -0.4 is 4.74 Å². The molecule has 0 aromatic heterocycles. The number of hydrogen-bond acceptors (Lipinski definition) is 5. The molecule has 0 saturated heterocycles. The number of carboxylic acids is 1. The van der Waals surface area contributed by atoms with Crippen molar-refractivity contribution in [3.8, 4) is 5.75 Å². The maximum Gasteiger partial charge on any atom is 0.305 e. The zero-order valence-corrected chi connectivity index (χ0v) is 20.2. The lowest BCUT2D eigenvalue weighted by molar-refractivity contribution is -0.137. The zero-order chi connectivity index (χ0) is 24.1. The van der Waals surface area contributed by atoms with E-state index in [1.165, 1.54) is 0 Å². The van der Waals surface area contributed by atoms with Gasteiger partial charge in [0.1, 0.15) is 5.75 Å². The van der Waals surface area contributed by atoms with Crippen LogP contribution in [0.25, 0.3) is 0 Å². The van der Waals surface area contributed by atoms with Crippen molar-refractivity contribution in [2.24, 2.45) is 10.8 Å². The lowest BCUT2D eigenvalue weighted by Gasteiger charge is -2.49. The van der Waals surface area contributed by atoms with Gasteiger partial charge in [0, 0.05) is 47.8 Å². The molecule has 0 atom stereocenters. The van der Waals surface area contributed by atoms with Gasteiger partial charge >= 0.3 is 5.97 Å². The highest BCUT2D eigenvalue weighted by Crippen LogP contribution is 2.54. The standard InChI is InChI=1S/C27H33NO5/c1-26(2)12-18-24(20(29)14-26)23(16-7-6-8-17(11-16)33-5)25-19(28(18)10-9-22(31)32)13-27(3,4)15-21(25)30/h6-8,11,23H,9-10,12-15H2,1-5H3,(H,31,32). The predicted molar refractivity (Wildman–Crippen MR) is 125 cm³/mol. The minimum Gasteiger partial charge on any atom is -0.497 e. The van der Waals surface area contributed by atoms with Crippen LogP contribution in [0.3, 0.4) is 0 Å². The molecule has 6 nitrogen and oxygen atoms in total. The maximum atomic E-state index is 13.6. The number of carbonyl (C=O) groups excluding carboxylic acids is 2. The van der Waals surface area contributed by atoms with Crippen molar-refractivity contribution in [1.29, 1.82) is 0 Å². The number of allylic oxidation sites excluding steroid dienone is 4. The van der Waals surface area contributed by atoms with E-state index in [4.69, 9.17) is 4.74 Å². The van der Waals surface area contributed by atoms with Gasteiger partial charge in [-0.25, -0.2) is 0 Å². The van der Waals surface area contributed by atoms with Crippen LogP contribution in [-0.4, -0.2) is 41.2 Å². The molecule has 33 heavy (non-hydrogen) atoms. The van der Waals surface area contributed by atoms with Gasteiger partial charge in [-0.2, -0.15) is 0 Å². The van der Waals surface area contributed by atoms with Gasteiger partial charge < -0.3 is 14.7 Å². The molecule has 6 heteroatoms. The van der Waals surface area contributed by atoms with Crippen molar-refractivity contribution in [2.45, 2.75) is 65.7 Å². The Morgan fingerprint density at radius 2 is 1.55 bits per heavy atom. The van der Waals surface area contributed by atoms with Crippen molar-refractivity contribution >= 4 is 17.5 Å². The quantitative estimate of drug-likeness (QED) is 0.689. The molecule has 1 aliphatic heterocycles. The Balaban J connectivity index is 1.98. The molecular formula is C27H33NO5. The number of nitrogens with zero attached hydrogens (tertiary/aromatic N) is 1. The average Bonchev–Trinajstić information content (AvgIpc) is 2.69. The van der Waals surface area contributed by atoms with E-state index in [0.29, 0.717) is 42.6 Å². The van der Waals surface area contributed by atoms with E-state index in [1.54, 1.807) is 7.11 Å². The monoisotopic (exact) mass is 451 g/mol. The predicted octanol–water partition coefficient (Wildman–Crippen LogP) is 4.86. The Hall–Kier alpha value is -2.89. The van der Waals surface area contributed by atoms with Gasteiger partial charge in [-0.1, -0.05) is 39.8 Å². The second-order valence-corrected chi connectivity index (χ2v) is 11.1. The normalized spacial score (nSPS) is 22.3. The number of carboxylic acid groups (broad SMARTS) is 1. The van der Waals surface area contributed by atoms with Crippen LogP contribution >= 0.6 is 0 Å². The summed E-state index contributed by atoms with van der Waals surface area (Å²) in [4.78, 5) is 40.7. The summed E-state index contributed by atoms with van der Waals surface area (Å²) in [5.74, 6) is -0.579. The zero-order valence-electron chi connectivity index (χ0n) is 20.2. The van der Waals surface area contributed by atoms with Crippen LogP contribution in [-0.2, 0) is 14.4 Å². The van der Waals surface area contributed by atoms with Crippen molar-refractivity contribution in [3.05, 3.63) is 52.4 Å². The third-order valence-corrected chi connectivity index (χ3v) is 7.00. The molecule has 0 bridgehead atoms. The first-order chi connectivity index (χ1) is 15.4. The molecule has 0 unspecified atom stereocenters. The number of aliphatic carboxylic acids is 1. The summed E-state index contributed by atoms with van der Waals surface area (Å²) < 4.78 is 5.45. The molecule has 1 heterocycles. The highest BCUT2D eigenvalue weighted by atomic mass is 16.5. The number of benzene rings is 1.